The van der Waals surface area contributed by atoms with Gasteiger partial charge in [-0.15, -0.1) is 0 Å². The topological polar surface area (TPSA) is 94.8 Å². The zero-order valence-electron chi connectivity index (χ0n) is 17.4. The fourth-order valence-electron chi connectivity index (χ4n) is 2.93. The third kappa shape index (κ3) is 5.64. The molecule has 0 N–H and O–H groups in total. The number of aromatic nitrogens is 1. The Morgan fingerprint density at radius 2 is 1.91 bits per heavy atom. The maximum absolute atomic E-state index is 13.1. The van der Waals surface area contributed by atoms with E-state index in [2.05, 4.69) is 4.99 Å². The summed E-state index contributed by atoms with van der Waals surface area (Å²) in [5, 5.41) is 0. The SMILES string of the molecule is CCOC(=O)c1ccc2c(c1)sc(=NC(=O)CS(=O)(=O)c1ccc(F)cc1)n2CCSC. The van der Waals surface area contributed by atoms with E-state index in [4.69, 9.17) is 4.74 Å². The summed E-state index contributed by atoms with van der Waals surface area (Å²) in [7, 11) is -3.96. The average molecular weight is 497 g/mol. The standard InChI is InChI=1S/C21H21FN2O5S3/c1-3-29-20(26)14-4-9-17-18(12-14)31-21(24(17)10-11-30-2)23-19(25)13-32(27,28)16-7-5-15(22)6-8-16/h4-9,12H,3,10-11,13H2,1-2H3. The van der Waals surface area contributed by atoms with E-state index in [0.29, 0.717) is 16.9 Å². The second kappa shape index (κ2) is 10.4. The van der Waals surface area contributed by atoms with Crippen molar-refractivity contribution >= 4 is 55.0 Å². The van der Waals surface area contributed by atoms with Crippen molar-refractivity contribution in [3.8, 4) is 0 Å². The zero-order valence-corrected chi connectivity index (χ0v) is 19.9. The van der Waals surface area contributed by atoms with E-state index in [0.717, 1.165) is 40.2 Å². The Morgan fingerprint density at radius 1 is 1.19 bits per heavy atom. The van der Waals surface area contributed by atoms with E-state index in [-0.39, 0.29) is 11.5 Å². The largest absolute Gasteiger partial charge is 0.462 e. The zero-order chi connectivity index (χ0) is 23.3. The first-order chi connectivity index (χ1) is 15.2. The van der Waals surface area contributed by atoms with Gasteiger partial charge in [0.15, 0.2) is 14.6 Å². The lowest BCUT2D eigenvalue weighted by Gasteiger charge is -2.05. The van der Waals surface area contributed by atoms with E-state index in [1.807, 2.05) is 10.8 Å². The number of hydrogen-bond donors (Lipinski definition) is 0. The van der Waals surface area contributed by atoms with Crippen molar-refractivity contribution in [3.63, 3.8) is 0 Å². The summed E-state index contributed by atoms with van der Waals surface area (Å²) in [4.78, 5) is 28.8. The maximum atomic E-state index is 13.1. The number of thioether (sulfide) groups is 1. The molecule has 1 aromatic heterocycles. The number of thiazole rings is 1. The number of rotatable bonds is 8. The minimum absolute atomic E-state index is 0.145. The van der Waals surface area contributed by atoms with Crippen LogP contribution in [-0.4, -0.2) is 49.2 Å². The second-order valence-corrected chi connectivity index (χ2v) is 10.6. The molecule has 0 aliphatic rings. The van der Waals surface area contributed by atoms with E-state index in [1.165, 1.54) is 11.3 Å². The number of sulfone groups is 1. The van der Waals surface area contributed by atoms with Gasteiger partial charge in [-0.2, -0.15) is 16.8 Å². The minimum Gasteiger partial charge on any atom is -0.462 e. The van der Waals surface area contributed by atoms with Gasteiger partial charge in [-0.25, -0.2) is 17.6 Å². The number of carbonyl (C=O) groups excluding carboxylic acids is 2. The fourth-order valence-corrected chi connectivity index (χ4v) is 5.51. The third-order valence-corrected chi connectivity index (χ3v) is 7.67. The predicted molar refractivity (Wildman–Crippen MR) is 123 cm³/mol. The van der Waals surface area contributed by atoms with Gasteiger partial charge in [0, 0.05) is 12.3 Å². The summed E-state index contributed by atoms with van der Waals surface area (Å²) < 4.78 is 45.7. The van der Waals surface area contributed by atoms with Gasteiger partial charge in [-0.3, -0.25) is 4.79 Å². The van der Waals surface area contributed by atoms with Crippen molar-refractivity contribution in [1.82, 2.24) is 4.57 Å². The lowest BCUT2D eigenvalue weighted by molar-refractivity contribution is -0.115. The molecule has 0 fully saturated rings. The highest BCUT2D eigenvalue weighted by molar-refractivity contribution is 7.98. The second-order valence-electron chi connectivity index (χ2n) is 6.65. The van der Waals surface area contributed by atoms with E-state index in [9.17, 15) is 22.4 Å². The van der Waals surface area contributed by atoms with Crippen molar-refractivity contribution < 1.29 is 27.1 Å². The molecule has 0 atom stereocenters. The number of amides is 1. The highest BCUT2D eigenvalue weighted by Crippen LogP contribution is 2.20. The van der Waals surface area contributed by atoms with Crippen LogP contribution in [0, 0.1) is 5.82 Å². The van der Waals surface area contributed by atoms with Gasteiger partial charge < -0.3 is 9.30 Å². The fraction of sp³-hybridized carbons (Fsp3) is 0.286. The number of fused-ring (bicyclic) bond motifs is 1. The Labute approximate surface area is 192 Å². The molecule has 0 radical (unpaired) electrons. The van der Waals surface area contributed by atoms with Crippen LogP contribution in [-0.2, 0) is 25.9 Å². The Morgan fingerprint density at radius 3 is 2.56 bits per heavy atom. The van der Waals surface area contributed by atoms with Crippen LogP contribution in [0.15, 0.2) is 52.4 Å². The summed E-state index contributed by atoms with van der Waals surface area (Å²) >= 11 is 2.81. The normalized spacial score (nSPS) is 12.3. The van der Waals surface area contributed by atoms with Gasteiger partial charge in [-0.1, -0.05) is 11.3 Å². The average Bonchev–Trinajstić information content (AvgIpc) is 3.08. The number of benzene rings is 2. The highest BCUT2D eigenvalue weighted by Gasteiger charge is 2.20. The Kier molecular flexibility index (Phi) is 7.86. The molecule has 0 saturated heterocycles. The molecule has 2 aromatic carbocycles. The number of ether oxygens (including phenoxy) is 1. The molecule has 170 valence electrons. The highest BCUT2D eigenvalue weighted by atomic mass is 32.2. The number of aryl methyl sites for hydroxylation is 1. The number of halogens is 1. The van der Waals surface area contributed by atoms with Crippen LogP contribution >= 0.6 is 23.1 Å². The Balaban J connectivity index is 1.98. The van der Waals surface area contributed by atoms with Crippen molar-refractivity contribution in [2.75, 3.05) is 24.4 Å². The summed E-state index contributed by atoms with van der Waals surface area (Å²) in [6.07, 6.45) is 1.95. The summed E-state index contributed by atoms with van der Waals surface area (Å²) in [5.41, 5.74) is 1.17. The molecule has 0 saturated carbocycles. The van der Waals surface area contributed by atoms with E-state index in [1.54, 1.807) is 36.9 Å². The first-order valence-corrected chi connectivity index (χ1v) is 13.5. The van der Waals surface area contributed by atoms with Crippen LogP contribution in [0.25, 0.3) is 10.2 Å². The number of carbonyl (C=O) groups is 2. The van der Waals surface area contributed by atoms with Crippen molar-refractivity contribution in [2.24, 2.45) is 4.99 Å². The van der Waals surface area contributed by atoms with Crippen LogP contribution in [0.3, 0.4) is 0 Å². The molecular weight excluding hydrogens is 475 g/mol. The summed E-state index contributed by atoms with van der Waals surface area (Å²) in [6, 6.07) is 9.37. The lowest BCUT2D eigenvalue weighted by atomic mass is 10.2. The van der Waals surface area contributed by atoms with Gasteiger partial charge in [0.25, 0.3) is 5.91 Å². The molecule has 0 spiro atoms. The van der Waals surface area contributed by atoms with Crippen LogP contribution in [0.1, 0.15) is 17.3 Å². The van der Waals surface area contributed by atoms with Crippen molar-refractivity contribution in [2.45, 2.75) is 18.4 Å². The molecule has 0 bridgehead atoms. The molecule has 0 unspecified atom stereocenters. The van der Waals surface area contributed by atoms with Crippen LogP contribution in [0.5, 0.6) is 0 Å². The van der Waals surface area contributed by atoms with Crippen LogP contribution < -0.4 is 4.80 Å². The molecule has 7 nitrogen and oxygen atoms in total. The molecule has 1 amide bonds. The van der Waals surface area contributed by atoms with Crippen molar-refractivity contribution in [1.29, 1.82) is 0 Å². The number of nitrogens with zero attached hydrogens (tertiary/aromatic N) is 2. The lowest BCUT2D eigenvalue weighted by Crippen LogP contribution is -2.21. The first-order valence-electron chi connectivity index (χ1n) is 9.60. The molecule has 3 rings (SSSR count). The van der Waals surface area contributed by atoms with E-state index >= 15 is 0 Å². The van der Waals surface area contributed by atoms with E-state index < -0.39 is 33.3 Å². The van der Waals surface area contributed by atoms with Crippen LogP contribution in [0.2, 0.25) is 0 Å². The molecular formula is C21H21FN2O5S3. The summed E-state index contributed by atoms with van der Waals surface area (Å²) in [5.74, 6) is -1.92. The monoisotopic (exact) mass is 496 g/mol. The van der Waals surface area contributed by atoms with Gasteiger partial charge >= 0.3 is 5.97 Å². The summed E-state index contributed by atoms with van der Waals surface area (Å²) in [6.45, 7) is 2.53. The quantitative estimate of drug-likeness (QED) is 0.351. The first kappa shape index (κ1) is 24.1. The van der Waals surface area contributed by atoms with Gasteiger partial charge in [0.05, 0.1) is 27.3 Å². The predicted octanol–water partition coefficient (Wildman–Crippen LogP) is 3.28. The molecule has 0 aliphatic carbocycles. The Bertz CT molecular complexity index is 1310. The molecule has 32 heavy (non-hydrogen) atoms. The van der Waals surface area contributed by atoms with Gasteiger partial charge in [-0.05, 0) is 55.6 Å². The molecule has 1 heterocycles. The maximum Gasteiger partial charge on any atom is 0.338 e. The van der Waals surface area contributed by atoms with Gasteiger partial charge in [0.1, 0.15) is 11.6 Å². The Hall–Kier alpha value is -2.50. The number of esters is 1. The van der Waals surface area contributed by atoms with Gasteiger partial charge in [0.2, 0.25) is 0 Å². The minimum atomic E-state index is -3.96. The molecule has 0 aliphatic heterocycles. The van der Waals surface area contributed by atoms with Crippen molar-refractivity contribution in [3.05, 3.63) is 58.6 Å². The third-order valence-electron chi connectivity index (χ3n) is 4.42. The molecule has 11 heteroatoms. The smallest absolute Gasteiger partial charge is 0.338 e. The van der Waals surface area contributed by atoms with Crippen LogP contribution in [0.4, 0.5) is 4.39 Å². The molecule has 3 aromatic rings. The number of hydrogen-bond acceptors (Lipinski definition) is 7.